The molecule has 220 valence electrons. The number of nitrogens with zero attached hydrogens (tertiary/aromatic N) is 6. The number of carbonyl (C=O) groups excluding carboxylic acids is 1. The SMILES string of the molecule is Nc1nnc(C2=CCCC=C2O)cc1N1CCN(C(=O)CCCCN2CCN(CCCCC3CCC3)CC2)CC1. The molecule has 0 spiro atoms. The molecule has 0 radical (unpaired) electrons. The van der Waals surface area contributed by atoms with Crippen LogP contribution >= 0.6 is 0 Å². The Hall–Kier alpha value is -2.65. The molecule has 0 unspecified atom stereocenters. The van der Waals surface area contributed by atoms with Crippen molar-refractivity contribution in [1.29, 1.82) is 0 Å². The van der Waals surface area contributed by atoms with E-state index in [-0.39, 0.29) is 11.7 Å². The van der Waals surface area contributed by atoms with Crippen LogP contribution in [0.3, 0.4) is 0 Å². The molecule has 3 fully saturated rings. The van der Waals surface area contributed by atoms with Gasteiger partial charge in [-0.1, -0.05) is 38.2 Å². The third-order valence-corrected chi connectivity index (χ3v) is 9.32. The third-order valence-electron chi connectivity index (χ3n) is 9.32. The summed E-state index contributed by atoms with van der Waals surface area (Å²) in [6.07, 6.45) is 16.8. The molecule has 3 N–H and O–H groups in total. The Morgan fingerprint density at radius 3 is 2.20 bits per heavy atom. The van der Waals surface area contributed by atoms with Crippen LogP contribution in [0.15, 0.2) is 24.0 Å². The molecule has 2 aliphatic heterocycles. The Bertz CT molecular complexity index is 1040. The van der Waals surface area contributed by atoms with E-state index in [0.717, 1.165) is 43.8 Å². The maximum atomic E-state index is 12.9. The van der Waals surface area contributed by atoms with Gasteiger partial charge in [0.1, 0.15) is 5.76 Å². The lowest BCUT2D eigenvalue weighted by molar-refractivity contribution is -0.131. The highest BCUT2D eigenvalue weighted by atomic mass is 16.3. The van der Waals surface area contributed by atoms with Gasteiger partial charge < -0.3 is 30.4 Å². The first kappa shape index (κ1) is 28.9. The fourth-order valence-electron chi connectivity index (χ4n) is 6.43. The van der Waals surface area contributed by atoms with Gasteiger partial charge >= 0.3 is 0 Å². The van der Waals surface area contributed by atoms with E-state index in [1.54, 1.807) is 0 Å². The Morgan fingerprint density at radius 2 is 1.55 bits per heavy atom. The van der Waals surface area contributed by atoms with E-state index in [2.05, 4.69) is 24.9 Å². The maximum Gasteiger partial charge on any atom is 0.222 e. The lowest BCUT2D eigenvalue weighted by atomic mass is 9.82. The zero-order chi connectivity index (χ0) is 27.7. The molecular weight excluding hydrogens is 502 g/mol. The van der Waals surface area contributed by atoms with Crippen LogP contribution in [0.2, 0.25) is 0 Å². The van der Waals surface area contributed by atoms with Crippen molar-refractivity contribution in [1.82, 2.24) is 24.9 Å². The van der Waals surface area contributed by atoms with Gasteiger partial charge in [0.2, 0.25) is 5.91 Å². The zero-order valence-electron chi connectivity index (χ0n) is 24.3. The number of aromatic nitrogens is 2. The van der Waals surface area contributed by atoms with E-state index in [1.807, 2.05) is 23.1 Å². The molecule has 1 saturated carbocycles. The highest BCUT2D eigenvalue weighted by molar-refractivity contribution is 5.79. The third kappa shape index (κ3) is 7.75. The largest absolute Gasteiger partial charge is 0.508 e. The van der Waals surface area contributed by atoms with Crippen LogP contribution in [0.4, 0.5) is 11.5 Å². The van der Waals surface area contributed by atoms with Gasteiger partial charge in [-0.15, -0.1) is 10.2 Å². The van der Waals surface area contributed by atoms with E-state index in [1.165, 1.54) is 71.2 Å². The molecule has 1 amide bonds. The average Bonchev–Trinajstić information content (AvgIpc) is 2.95. The predicted molar refractivity (Wildman–Crippen MR) is 161 cm³/mol. The molecule has 0 bridgehead atoms. The number of hydrogen-bond acceptors (Lipinski definition) is 8. The summed E-state index contributed by atoms with van der Waals surface area (Å²) in [5.41, 5.74) is 8.35. The highest BCUT2D eigenvalue weighted by Crippen LogP contribution is 2.31. The minimum Gasteiger partial charge on any atom is -0.508 e. The van der Waals surface area contributed by atoms with Gasteiger partial charge in [0.05, 0.1) is 11.4 Å². The number of carbonyl (C=O) groups is 1. The number of piperazine rings is 2. The standard InChI is InChI=1S/C31H49N7O2/c32-31-28(24-27(33-34-31)26-11-1-2-12-29(26)39)37-20-22-38(23-21-37)30(40)13-4-6-15-36-18-16-35(17-19-36)14-5-3-8-25-9-7-10-25/h11-12,24-25,39H,1-10,13-23H2,(H2,32,34). The monoisotopic (exact) mass is 551 g/mol. The number of amides is 1. The van der Waals surface area contributed by atoms with Crippen LogP contribution in [-0.4, -0.2) is 101 Å². The molecule has 0 aromatic carbocycles. The second kappa shape index (κ2) is 14.3. The minimum absolute atomic E-state index is 0.249. The molecule has 2 aliphatic carbocycles. The summed E-state index contributed by atoms with van der Waals surface area (Å²) in [7, 11) is 0. The molecule has 0 atom stereocenters. The fourth-order valence-corrected chi connectivity index (χ4v) is 6.43. The Morgan fingerprint density at radius 1 is 0.875 bits per heavy atom. The quantitative estimate of drug-likeness (QED) is 0.375. The number of nitrogen functional groups attached to an aromatic ring is 1. The molecule has 1 aromatic rings. The van der Waals surface area contributed by atoms with E-state index >= 15 is 0 Å². The number of anilines is 2. The number of hydrogen-bond donors (Lipinski definition) is 2. The van der Waals surface area contributed by atoms with Crippen molar-refractivity contribution in [3.05, 3.63) is 29.7 Å². The number of unbranched alkanes of at least 4 members (excludes halogenated alkanes) is 2. The van der Waals surface area contributed by atoms with Crippen molar-refractivity contribution in [2.75, 3.05) is 76.1 Å². The Labute approximate surface area is 240 Å². The van der Waals surface area contributed by atoms with Gasteiger partial charge in [0, 0.05) is 64.4 Å². The molecule has 40 heavy (non-hydrogen) atoms. The van der Waals surface area contributed by atoms with Crippen LogP contribution in [0.5, 0.6) is 0 Å². The van der Waals surface area contributed by atoms with Gasteiger partial charge in [0.15, 0.2) is 5.82 Å². The van der Waals surface area contributed by atoms with E-state index in [0.29, 0.717) is 49.7 Å². The minimum atomic E-state index is 0.249. The van der Waals surface area contributed by atoms with Gasteiger partial charge in [-0.25, -0.2) is 0 Å². The van der Waals surface area contributed by atoms with Crippen LogP contribution in [0, 0.1) is 5.92 Å². The first-order valence-electron chi connectivity index (χ1n) is 15.8. The van der Waals surface area contributed by atoms with Gasteiger partial charge in [0.25, 0.3) is 0 Å². The van der Waals surface area contributed by atoms with Crippen molar-refractivity contribution < 1.29 is 9.90 Å². The highest BCUT2D eigenvalue weighted by Gasteiger charge is 2.24. The number of aliphatic hydroxyl groups is 1. The van der Waals surface area contributed by atoms with E-state index in [4.69, 9.17) is 5.73 Å². The second-order valence-electron chi connectivity index (χ2n) is 12.1. The molecule has 2 saturated heterocycles. The molecule has 3 heterocycles. The summed E-state index contributed by atoms with van der Waals surface area (Å²) in [5.74, 6) is 1.94. The van der Waals surface area contributed by atoms with Gasteiger partial charge in [-0.2, -0.15) is 0 Å². The lowest BCUT2D eigenvalue weighted by Crippen LogP contribution is -2.49. The zero-order valence-corrected chi connectivity index (χ0v) is 24.3. The smallest absolute Gasteiger partial charge is 0.222 e. The van der Waals surface area contributed by atoms with Gasteiger partial charge in [-0.05, 0) is 63.3 Å². The summed E-state index contributed by atoms with van der Waals surface area (Å²) in [6.45, 7) is 9.91. The summed E-state index contributed by atoms with van der Waals surface area (Å²) >= 11 is 0. The number of rotatable bonds is 12. The molecule has 1 aromatic heterocycles. The molecule has 9 nitrogen and oxygen atoms in total. The van der Waals surface area contributed by atoms with Gasteiger partial charge in [-0.3, -0.25) is 4.79 Å². The Kier molecular flexibility index (Phi) is 10.3. The van der Waals surface area contributed by atoms with Crippen molar-refractivity contribution >= 4 is 23.0 Å². The molecule has 9 heteroatoms. The average molecular weight is 552 g/mol. The second-order valence-corrected chi connectivity index (χ2v) is 12.1. The Balaban J connectivity index is 0.959. The molecule has 4 aliphatic rings. The normalized spacial score (nSPS) is 21.2. The number of aliphatic hydroxyl groups excluding tert-OH is 1. The fraction of sp³-hybridized carbons (Fsp3) is 0.710. The maximum absolute atomic E-state index is 12.9. The summed E-state index contributed by atoms with van der Waals surface area (Å²) < 4.78 is 0. The number of nitrogens with two attached hydrogens (primary N) is 1. The van der Waals surface area contributed by atoms with Crippen molar-refractivity contribution in [2.45, 2.75) is 70.6 Å². The van der Waals surface area contributed by atoms with Crippen LogP contribution in [0.1, 0.15) is 76.3 Å². The van der Waals surface area contributed by atoms with Crippen LogP contribution in [-0.2, 0) is 4.79 Å². The van der Waals surface area contributed by atoms with Crippen molar-refractivity contribution in [2.24, 2.45) is 5.92 Å². The van der Waals surface area contributed by atoms with E-state index < -0.39 is 0 Å². The number of allylic oxidation sites excluding steroid dienone is 3. The lowest BCUT2D eigenvalue weighted by Gasteiger charge is -2.36. The van der Waals surface area contributed by atoms with Crippen molar-refractivity contribution in [3.8, 4) is 0 Å². The summed E-state index contributed by atoms with van der Waals surface area (Å²) in [5, 5.41) is 18.6. The van der Waals surface area contributed by atoms with Crippen LogP contribution in [0.25, 0.3) is 5.57 Å². The molecule has 5 rings (SSSR count). The van der Waals surface area contributed by atoms with Crippen LogP contribution < -0.4 is 10.6 Å². The predicted octanol–water partition coefficient (Wildman–Crippen LogP) is 4.08. The molecular formula is C31H49N7O2. The van der Waals surface area contributed by atoms with Crippen molar-refractivity contribution in [3.63, 3.8) is 0 Å². The summed E-state index contributed by atoms with van der Waals surface area (Å²) in [4.78, 5) is 22.3. The summed E-state index contributed by atoms with van der Waals surface area (Å²) in [6, 6.07) is 1.91. The first-order chi connectivity index (χ1) is 19.6. The first-order valence-corrected chi connectivity index (χ1v) is 15.8. The van der Waals surface area contributed by atoms with E-state index in [9.17, 15) is 9.90 Å². The topological polar surface area (TPSA) is 102 Å².